The van der Waals surface area contributed by atoms with Crippen LogP contribution >= 0.6 is 23.2 Å². The highest BCUT2D eigenvalue weighted by Gasteiger charge is 2.30. The van der Waals surface area contributed by atoms with Gasteiger partial charge >= 0.3 is 6.09 Å². The van der Waals surface area contributed by atoms with Crippen LogP contribution in [0.4, 0.5) is 4.79 Å². The number of hydrogen-bond donors (Lipinski definition) is 1. The number of sulfonamides is 1. The number of rotatable bonds is 3. The lowest BCUT2D eigenvalue weighted by molar-refractivity contribution is 0.0203. The number of amides is 1. The van der Waals surface area contributed by atoms with Gasteiger partial charge in [0.15, 0.2) is 0 Å². The minimum absolute atomic E-state index is 0.00265. The van der Waals surface area contributed by atoms with Crippen molar-refractivity contribution >= 4 is 39.3 Å². The zero-order chi connectivity index (χ0) is 18.8. The highest BCUT2D eigenvalue weighted by molar-refractivity contribution is 7.89. The Hall–Kier alpha value is -1.02. The van der Waals surface area contributed by atoms with Gasteiger partial charge in [0.2, 0.25) is 10.0 Å². The molecule has 0 unspecified atom stereocenters. The van der Waals surface area contributed by atoms with Gasteiger partial charge in [-0.3, -0.25) is 0 Å². The van der Waals surface area contributed by atoms with E-state index in [1.807, 2.05) is 0 Å². The number of ether oxygens (including phenoxy) is 1. The summed E-state index contributed by atoms with van der Waals surface area (Å²) in [5.41, 5.74) is -0.557. The van der Waals surface area contributed by atoms with Crippen LogP contribution in [0.2, 0.25) is 10.0 Å². The molecule has 0 bridgehead atoms. The van der Waals surface area contributed by atoms with Gasteiger partial charge in [-0.15, -0.1) is 0 Å². The smallest absolute Gasteiger partial charge is 0.410 e. The number of likely N-dealkylation sites (tertiary alicyclic amines) is 1. The van der Waals surface area contributed by atoms with Crippen molar-refractivity contribution in [1.29, 1.82) is 0 Å². The minimum Gasteiger partial charge on any atom is -0.444 e. The van der Waals surface area contributed by atoms with Gasteiger partial charge in [-0.25, -0.2) is 17.9 Å². The van der Waals surface area contributed by atoms with Crippen LogP contribution in [0.5, 0.6) is 0 Å². The summed E-state index contributed by atoms with van der Waals surface area (Å²) >= 11 is 11.9. The monoisotopic (exact) mass is 408 g/mol. The maximum absolute atomic E-state index is 12.5. The Balaban J connectivity index is 1.98. The van der Waals surface area contributed by atoms with Crippen LogP contribution in [-0.2, 0) is 14.8 Å². The normalized spacial score (nSPS) is 16.8. The maximum Gasteiger partial charge on any atom is 0.410 e. The molecule has 0 radical (unpaired) electrons. The van der Waals surface area contributed by atoms with E-state index in [4.69, 9.17) is 27.9 Å². The van der Waals surface area contributed by atoms with Crippen LogP contribution in [0.15, 0.2) is 23.1 Å². The van der Waals surface area contributed by atoms with E-state index in [-0.39, 0.29) is 27.1 Å². The van der Waals surface area contributed by atoms with Gasteiger partial charge in [0.1, 0.15) is 10.5 Å². The fourth-order valence-electron chi connectivity index (χ4n) is 2.48. The zero-order valence-electron chi connectivity index (χ0n) is 14.4. The molecule has 0 spiro atoms. The zero-order valence-corrected chi connectivity index (χ0v) is 16.7. The second kappa shape index (κ2) is 7.70. The fourth-order valence-corrected chi connectivity index (χ4v) is 4.55. The van der Waals surface area contributed by atoms with E-state index in [1.165, 1.54) is 18.2 Å². The number of carbonyl (C=O) groups is 1. The van der Waals surface area contributed by atoms with Crippen LogP contribution < -0.4 is 4.72 Å². The lowest BCUT2D eigenvalue weighted by Crippen LogP contribution is -2.47. The third-order valence-corrected chi connectivity index (χ3v) is 6.17. The van der Waals surface area contributed by atoms with Crippen LogP contribution in [0.1, 0.15) is 33.6 Å². The number of benzene rings is 1. The second-order valence-electron chi connectivity index (χ2n) is 6.91. The Labute approximate surface area is 158 Å². The Morgan fingerprint density at radius 1 is 1.24 bits per heavy atom. The molecule has 9 heteroatoms. The Bertz CT molecular complexity index is 739. The molecule has 1 N–H and O–H groups in total. The first-order valence-electron chi connectivity index (χ1n) is 7.94. The summed E-state index contributed by atoms with van der Waals surface area (Å²) in [4.78, 5) is 13.6. The van der Waals surface area contributed by atoms with Gasteiger partial charge in [0.25, 0.3) is 0 Å². The lowest BCUT2D eigenvalue weighted by atomic mass is 10.1. The summed E-state index contributed by atoms with van der Waals surface area (Å²) in [7, 11) is -3.78. The summed E-state index contributed by atoms with van der Waals surface area (Å²) in [6, 6.07) is 4.20. The summed E-state index contributed by atoms with van der Waals surface area (Å²) in [5.74, 6) is 0. The molecule has 140 valence electrons. The summed E-state index contributed by atoms with van der Waals surface area (Å²) in [6.45, 7) is 6.26. The van der Waals surface area contributed by atoms with Crippen LogP contribution in [0, 0.1) is 0 Å². The first-order chi connectivity index (χ1) is 11.5. The van der Waals surface area contributed by atoms with Crippen LogP contribution in [-0.4, -0.2) is 44.1 Å². The van der Waals surface area contributed by atoms with E-state index in [0.29, 0.717) is 25.9 Å². The Kier molecular flexibility index (Phi) is 6.25. The Morgan fingerprint density at radius 2 is 1.84 bits per heavy atom. The topological polar surface area (TPSA) is 75.7 Å². The fraction of sp³-hybridized carbons (Fsp3) is 0.562. The molecule has 0 atom stereocenters. The molecule has 2 rings (SSSR count). The third kappa shape index (κ3) is 5.48. The molecule has 1 aromatic carbocycles. The van der Waals surface area contributed by atoms with Crippen molar-refractivity contribution in [2.75, 3.05) is 13.1 Å². The standard InChI is InChI=1S/C16H22Cl2N2O4S/c1-16(2,3)24-15(21)20-9-7-11(8-10-20)19-25(22,23)13-6-4-5-12(17)14(13)18/h4-6,11,19H,7-10H2,1-3H3. The highest BCUT2D eigenvalue weighted by atomic mass is 35.5. The van der Waals surface area contributed by atoms with Gasteiger partial charge < -0.3 is 9.64 Å². The van der Waals surface area contributed by atoms with Crippen molar-refractivity contribution in [3.63, 3.8) is 0 Å². The van der Waals surface area contributed by atoms with Crippen molar-refractivity contribution in [3.8, 4) is 0 Å². The van der Waals surface area contributed by atoms with Gasteiger partial charge in [-0.2, -0.15) is 0 Å². The molecule has 1 fully saturated rings. The van der Waals surface area contributed by atoms with Gasteiger partial charge in [-0.1, -0.05) is 29.3 Å². The van der Waals surface area contributed by atoms with Crippen molar-refractivity contribution in [2.24, 2.45) is 0 Å². The van der Waals surface area contributed by atoms with Gasteiger partial charge in [0, 0.05) is 19.1 Å². The van der Waals surface area contributed by atoms with Crippen LogP contribution in [0.3, 0.4) is 0 Å². The van der Waals surface area contributed by atoms with E-state index in [9.17, 15) is 13.2 Å². The van der Waals surface area contributed by atoms with E-state index < -0.39 is 15.6 Å². The van der Waals surface area contributed by atoms with E-state index in [1.54, 1.807) is 25.7 Å². The van der Waals surface area contributed by atoms with Crippen molar-refractivity contribution in [1.82, 2.24) is 9.62 Å². The summed E-state index contributed by atoms with van der Waals surface area (Å²) in [5, 5.41) is 0.187. The van der Waals surface area contributed by atoms with Gasteiger partial charge in [0.05, 0.1) is 10.0 Å². The van der Waals surface area contributed by atoms with E-state index in [0.717, 1.165) is 0 Å². The van der Waals surface area contributed by atoms with Gasteiger partial charge in [-0.05, 0) is 45.7 Å². The maximum atomic E-state index is 12.5. The Morgan fingerprint density at radius 3 is 2.40 bits per heavy atom. The number of halogens is 2. The average molecular weight is 409 g/mol. The third-order valence-electron chi connectivity index (χ3n) is 3.67. The molecule has 0 aromatic heterocycles. The van der Waals surface area contributed by atoms with Crippen LogP contribution in [0.25, 0.3) is 0 Å². The van der Waals surface area contributed by atoms with Crippen molar-refractivity contribution in [2.45, 2.75) is 50.2 Å². The number of nitrogens with one attached hydrogen (secondary N) is 1. The average Bonchev–Trinajstić information content (AvgIpc) is 2.48. The molecule has 1 aliphatic rings. The summed E-state index contributed by atoms with van der Waals surface area (Å²) < 4.78 is 33.0. The number of carbonyl (C=O) groups excluding carboxylic acids is 1. The predicted molar refractivity (Wildman–Crippen MR) is 97.6 cm³/mol. The molecule has 1 heterocycles. The quantitative estimate of drug-likeness (QED) is 0.827. The molecule has 1 saturated heterocycles. The molecule has 0 saturated carbocycles. The molecule has 25 heavy (non-hydrogen) atoms. The largest absolute Gasteiger partial charge is 0.444 e. The second-order valence-corrected chi connectivity index (χ2v) is 9.38. The van der Waals surface area contributed by atoms with Crippen molar-refractivity contribution in [3.05, 3.63) is 28.2 Å². The first kappa shape index (κ1) is 20.3. The summed E-state index contributed by atoms with van der Waals surface area (Å²) in [6.07, 6.45) is 0.611. The number of hydrogen-bond acceptors (Lipinski definition) is 4. The van der Waals surface area contributed by atoms with E-state index >= 15 is 0 Å². The molecule has 1 aromatic rings. The first-order valence-corrected chi connectivity index (χ1v) is 10.2. The molecule has 6 nitrogen and oxygen atoms in total. The number of nitrogens with zero attached hydrogens (tertiary/aromatic N) is 1. The molecular weight excluding hydrogens is 387 g/mol. The molecule has 0 aliphatic carbocycles. The number of piperidine rings is 1. The highest BCUT2D eigenvalue weighted by Crippen LogP contribution is 2.29. The van der Waals surface area contributed by atoms with Crippen molar-refractivity contribution < 1.29 is 17.9 Å². The lowest BCUT2D eigenvalue weighted by Gasteiger charge is -2.33. The van der Waals surface area contributed by atoms with E-state index in [2.05, 4.69) is 4.72 Å². The minimum atomic E-state index is -3.78. The molecular formula is C16H22Cl2N2O4S. The predicted octanol–water partition coefficient (Wildman–Crippen LogP) is 3.67. The molecule has 1 aliphatic heterocycles. The SMILES string of the molecule is CC(C)(C)OC(=O)N1CCC(NS(=O)(=O)c2cccc(Cl)c2Cl)CC1. The molecule has 1 amide bonds.